The van der Waals surface area contributed by atoms with Crippen LogP contribution in [0.25, 0.3) is 10.9 Å². The Morgan fingerprint density at radius 3 is 3.10 bits per heavy atom. The Morgan fingerprint density at radius 1 is 1.25 bits per heavy atom. The number of nitrogens with zero attached hydrogens (tertiary/aromatic N) is 1. The van der Waals surface area contributed by atoms with Crippen LogP contribution >= 0.6 is 0 Å². The lowest BCUT2D eigenvalue weighted by Crippen LogP contribution is -2.42. The van der Waals surface area contributed by atoms with Crippen LogP contribution in [0.15, 0.2) is 36.5 Å². The Kier molecular flexibility index (Phi) is 3.92. The molecule has 0 spiro atoms. The van der Waals surface area contributed by atoms with Gasteiger partial charge >= 0.3 is 0 Å². The Hall–Kier alpha value is -1.94. The number of aromatic nitrogens is 1. The molecule has 0 aliphatic carbocycles. The maximum absolute atomic E-state index is 11.9. The van der Waals surface area contributed by atoms with E-state index in [-0.39, 0.29) is 11.9 Å². The molecule has 1 atom stereocenters. The first-order valence-corrected chi connectivity index (χ1v) is 7.18. The lowest BCUT2D eigenvalue weighted by molar-refractivity contribution is -0.122. The molecular formula is C16H19N3O. The van der Waals surface area contributed by atoms with Gasteiger partial charge in [-0.1, -0.05) is 18.2 Å². The molecule has 4 nitrogen and oxygen atoms in total. The highest BCUT2D eigenvalue weighted by atomic mass is 16.2. The molecule has 1 amide bonds. The standard InChI is InChI=1S/C16H19N3O/c20-16-15(7-3-4-9-18-16)19-11-12-8-10-17-14-6-2-1-5-13(12)14/h1-2,5-6,8,10,15,19H,3-4,7,9,11H2,(H,18,20). The number of para-hydroxylation sites is 1. The van der Waals surface area contributed by atoms with Gasteiger partial charge in [0.2, 0.25) is 5.91 Å². The van der Waals surface area contributed by atoms with Crippen molar-refractivity contribution in [2.75, 3.05) is 6.54 Å². The van der Waals surface area contributed by atoms with Crippen LogP contribution in [0.5, 0.6) is 0 Å². The molecule has 2 heterocycles. The fourth-order valence-electron chi connectivity index (χ4n) is 2.68. The van der Waals surface area contributed by atoms with E-state index >= 15 is 0 Å². The monoisotopic (exact) mass is 269 g/mol. The quantitative estimate of drug-likeness (QED) is 0.896. The number of hydrogen-bond acceptors (Lipinski definition) is 3. The average molecular weight is 269 g/mol. The molecule has 2 N–H and O–H groups in total. The van der Waals surface area contributed by atoms with Gasteiger partial charge < -0.3 is 10.6 Å². The molecule has 1 saturated heterocycles. The molecule has 1 aromatic carbocycles. The molecule has 0 saturated carbocycles. The van der Waals surface area contributed by atoms with E-state index in [4.69, 9.17) is 0 Å². The van der Waals surface area contributed by atoms with Gasteiger partial charge in [-0.05, 0) is 37.0 Å². The molecular weight excluding hydrogens is 250 g/mol. The topological polar surface area (TPSA) is 54.0 Å². The zero-order valence-electron chi connectivity index (χ0n) is 11.4. The zero-order valence-corrected chi connectivity index (χ0v) is 11.4. The lowest BCUT2D eigenvalue weighted by Gasteiger charge is -2.16. The first kappa shape index (κ1) is 13.1. The molecule has 4 heteroatoms. The fraction of sp³-hybridized carbons (Fsp3) is 0.375. The van der Waals surface area contributed by atoms with E-state index in [0.29, 0.717) is 6.54 Å². The Balaban J connectivity index is 1.75. The molecule has 2 aromatic rings. The second-order valence-electron chi connectivity index (χ2n) is 5.21. The summed E-state index contributed by atoms with van der Waals surface area (Å²) in [6.45, 7) is 1.50. The molecule has 1 fully saturated rings. The van der Waals surface area contributed by atoms with Gasteiger partial charge in [0.15, 0.2) is 0 Å². The van der Waals surface area contributed by atoms with Gasteiger partial charge in [0.1, 0.15) is 0 Å². The van der Waals surface area contributed by atoms with Crippen LogP contribution < -0.4 is 10.6 Å². The number of rotatable bonds is 3. The third-order valence-corrected chi connectivity index (χ3v) is 3.81. The summed E-state index contributed by atoms with van der Waals surface area (Å²) in [7, 11) is 0. The maximum Gasteiger partial charge on any atom is 0.237 e. The van der Waals surface area contributed by atoms with Gasteiger partial charge in [-0.2, -0.15) is 0 Å². The number of carbonyl (C=O) groups excluding carboxylic acids is 1. The van der Waals surface area contributed by atoms with Gasteiger partial charge in [-0.3, -0.25) is 9.78 Å². The van der Waals surface area contributed by atoms with E-state index in [0.717, 1.165) is 36.7 Å². The molecule has 0 radical (unpaired) electrons. The molecule has 20 heavy (non-hydrogen) atoms. The van der Waals surface area contributed by atoms with Crippen LogP contribution in [-0.4, -0.2) is 23.5 Å². The van der Waals surface area contributed by atoms with Crippen molar-refractivity contribution >= 4 is 16.8 Å². The smallest absolute Gasteiger partial charge is 0.237 e. The van der Waals surface area contributed by atoms with E-state index < -0.39 is 0 Å². The molecule has 3 rings (SSSR count). The van der Waals surface area contributed by atoms with Crippen molar-refractivity contribution in [2.45, 2.75) is 31.8 Å². The Morgan fingerprint density at radius 2 is 2.15 bits per heavy atom. The summed E-state index contributed by atoms with van der Waals surface area (Å²) in [6, 6.07) is 10.0. The lowest BCUT2D eigenvalue weighted by atomic mass is 10.1. The summed E-state index contributed by atoms with van der Waals surface area (Å²) in [5.41, 5.74) is 2.18. The maximum atomic E-state index is 11.9. The van der Waals surface area contributed by atoms with Crippen molar-refractivity contribution in [3.05, 3.63) is 42.1 Å². The van der Waals surface area contributed by atoms with E-state index in [9.17, 15) is 4.79 Å². The minimum atomic E-state index is -0.0792. The SMILES string of the molecule is O=C1NCCCCC1NCc1ccnc2ccccc12. The normalized spacial score (nSPS) is 19.6. The van der Waals surface area contributed by atoms with Crippen LogP contribution in [0.3, 0.4) is 0 Å². The van der Waals surface area contributed by atoms with Crippen LogP contribution in [0.4, 0.5) is 0 Å². The molecule has 1 aliphatic rings. The van der Waals surface area contributed by atoms with E-state index in [1.807, 2.05) is 30.5 Å². The van der Waals surface area contributed by atoms with Crippen molar-refractivity contribution in [2.24, 2.45) is 0 Å². The highest BCUT2D eigenvalue weighted by Gasteiger charge is 2.19. The second-order valence-corrected chi connectivity index (χ2v) is 5.21. The van der Waals surface area contributed by atoms with Crippen molar-refractivity contribution in [3.63, 3.8) is 0 Å². The summed E-state index contributed by atoms with van der Waals surface area (Å²) in [6.07, 6.45) is 4.90. The molecule has 1 aromatic heterocycles. The highest BCUT2D eigenvalue weighted by molar-refractivity contribution is 5.83. The van der Waals surface area contributed by atoms with Crippen LogP contribution in [0, 0.1) is 0 Å². The van der Waals surface area contributed by atoms with Gasteiger partial charge in [0, 0.05) is 24.7 Å². The van der Waals surface area contributed by atoms with Crippen molar-refractivity contribution in [3.8, 4) is 0 Å². The number of fused-ring (bicyclic) bond motifs is 1. The summed E-state index contributed by atoms with van der Waals surface area (Å²) in [4.78, 5) is 16.3. The largest absolute Gasteiger partial charge is 0.355 e. The summed E-state index contributed by atoms with van der Waals surface area (Å²) in [5, 5.41) is 7.48. The Bertz CT molecular complexity index is 606. The van der Waals surface area contributed by atoms with E-state index in [1.54, 1.807) is 0 Å². The number of carbonyl (C=O) groups is 1. The third kappa shape index (κ3) is 2.80. The highest BCUT2D eigenvalue weighted by Crippen LogP contribution is 2.16. The minimum absolute atomic E-state index is 0.0792. The number of pyridine rings is 1. The summed E-state index contributed by atoms with van der Waals surface area (Å²) < 4.78 is 0. The van der Waals surface area contributed by atoms with E-state index in [2.05, 4.69) is 21.7 Å². The van der Waals surface area contributed by atoms with Crippen LogP contribution in [-0.2, 0) is 11.3 Å². The minimum Gasteiger partial charge on any atom is -0.355 e. The van der Waals surface area contributed by atoms with Crippen molar-refractivity contribution in [1.82, 2.24) is 15.6 Å². The Labute approximate surface area is 118 Å². The van der Waals surface area contributed by atoms with Gasteiger partial charge in [-0.25, -0.2) is 0 Å². The molecule has 0 bridgehead atoms. The second kappa shape index (κ2) is 6.01. The van der Waals surface area contributed by atoms with Crippen molar-refractivity contribution in [1.29, 1.82) is 0 Å². The van der Waals surface area contributed by atoms with Crippen molar-refractivity contribution < 1.29 is 4.79 Å². The number of amides is 1. The molecule has 104 valence electrons. The predicted molar refractivity (Wildman–Crippen MR) is 79.2 cm³/mol. The van der Waals surface area contributed by atoms with Gasteiger partial charge in [0.05, 0.1) is 11.6 Å². The van der Waals surface area contributed by atoms with Gasteiger partial charge in [0.25, 0.3) is 0 Å². The molecule has 1 aliphatic heterocycles. The van der Waals surface area contributed by atoms with Crippen LogP contribution in [0.2, 0.25) is 0 Å². The average Bonchev–Trinajstić information content (AvgIpc) is 2.69. The number of hydrogen-bond donors (Lipinski definition) is 2. The van der Waals surface area contributed by atoms with Crippen LogP contribution in [0.1, 0.15) is 24.8 Å². The predicted octanol–water partition coefficient (Wildman–Crippen LogP) is 1.99. The summed E-state index contributed by atoms with van der Waals surface area (Å²) in [5.74, 6) is 0.126. The van der Waals surface area contributed by atoms with Gasteiger partial charge in [-0.15, -0.1) is 0 Å². The number of nitrogens with one attached hydrogen (secondary N) is 2. The first-order chi connectivity index (χ1) is 9.84. The summed E-state index contributed by atoms with van der Waals surface area (Å²) >= 11 is 0. The zero-order chi connectivity index (χ0) is 13.8. The first-order valence-electron chi connectivity index (χ1n) is 7.18. The third-order valence-electron chi connectivity index (χ3n) is 3.81. The molecule has 1 unspecified atom stereocenters. The fourth-order valence-corrected chi connectivity index (χ4v) is 2.68. The number of benzene rings is 1. The van der Waals surface area contributed by atoms with E-state index in [1.165, 1.54) is 5.56 Å².